The molecular formula is C16H18F2N2O2S. The zero-order valence-corrected chi connectivity index (χ0v) is 13.5. The highest BCUT2D eigenvalue weighted by molar-refractivity contribution is 7.89. The molecule has 1 aliphatic carbocycles. The summed E-state index contributed by atoms with van der Waals surface area (Å²) >= 11 is 0. The van der Waals surface area contributed by atoms with E-state index in [-0.39, 0.29) is 17.5 Å². The van der Waals surface area contributed by atoms with Crippen LogP contribution >= 0.6 is 0 Å². The molecular weight excluding hydrogens is 322 g/mol. The van der Waals surface area contributed by atoms with E-state index in [0.29, 0.717) is 13.0 Å². The summed E-state index contributed by atoms with van der Waals surface area (Å²) in [6.07, 6.45) is 5.40. The molecule has 2 fully saturated rings. The summed E-state index contributed by atoms with van der Waals surface area (Å²) in [5.74, 6) is -2.12. The first-order valence-electron chi connectivity index (χ1n) is 7.86. The smallest absolute Gasteiger partial charge is 0.207 e. The van der Waals surface area contributed by atoms with E-state index in [4.69, 9.17) is 5.26 Å². The van der Waals surface area contributed by atoms with Crippen LogP contribution in [0.25, 0.3) is 0 Å². The Morgan fingerprint density at radius 1 is 1.09 bits per heavy atom. The van der Waals surface area contributed by atoms with E-state index >= 15 is 0 Å². The zero-order valence-electron chi connectivity index (χ0n) is 12.6. The third-order valence-corrected chi connectivity index (χ3v) is 6.86. The Labute approximate surface area is 134 Å². The number of nitriles is 1. The number of hydrogen-bond donors (Lipinski definition) is 0. The fourth-order valence-corrected chi connectivity index (χ4v) is 5.71. The Morgan fingerprint density at radius 3 is 2.35 bits per heavy atom. The van der Waals surface area contributed by atoms with Crippen molar-refractivity contribution in [3.8, 4) is 6.07 Å². The number of piperidine rings is 1. The van der Waals surface area contributed by atoms with Gasteiger partial charge >= 0.3 is 0 Å². The molecule has 0 radical (unpaired) electrons. The van der Waals surface area contributed by atoms with Crippen molar-refractivity contribution in [2.24, 2.45) is 5.92 Å². The van der Waals surface area contributed by atoms with Gasteiger partial charge in [0.1, 0.15) is 11.6 Å². The summed E-state index contributed by atoms with van der Waals surface area (Å²) in [4.78, 5) is -0.928. The van der Waals surface area contributed by atoms with Gasteiger partial charge in [-0.2, -0.15) is 9.57 Å². The van der Waals surface area contributed by atoms with E-state index in [1.807, 2.05) is 0 Å². The van der Waals surface area contributed by atoms with Crippen LogP contribution in [0.2, 0.25) is 0 Å². The molecule has 1 saturated heterocycles. The molecule has 2 atom stereocenters. The molecule has 7 heteroatoms. The minimum Gasteiger partial charge on any atom is -0.207 e. The van der Waals surface area contributed by atoms with Crippen LogP contribution in [-0.2, 0) is 10.0 Å². The Kier molecular flexibility index (Phi) is 4.39. The maximum atomic E-state index is 14.2. The molecule has 1 heterocycles. The van der Waals surface area contributed by atoms with Crippen molar-refractivity contribution in [3.05, 3.63) is 29.3 Å². The molecule has 0 N–H and O–H groups in total. The number of halogens is 2. The quantitative estimate of drug-likeness (QED) is 0.831. The second-order valence-electron chi connectivity index (χ2n) is 6.25. The van der Waals surface area contributed by atoms with Gasteiger partial charge in [0.2, 0.25) is 10.0 Å². The van der Waals surface area contributed by atoms with Gasteiger partial charge in [0.15, 0.2) is 4.90 Å². The molecule has 0 bridgehead atoms. The molecule has 23 heavy (non-hydrogen) atoms. The van der Waals surface area contributed by atoms with E-state index in [0.717, 1.165) is 44.2 Å². The summed E-state index contributed by atoms with van der Waals surface area (Å²) in [5.41, 5.74) is -0.229. The van der Waals surface area contributed by atoms with Crippen molar-refractivity contribution in [1.82, 2.24) is 4.31 Å². The first kappa shape index (κ1) is 16.3. The SMILES string of the molecule is N#Cc1cc(F)c(S(=O)(=O)N2CCC[C@H]3CCCC[C@@H]32)c(F)c1. The standard InChI is InChI=1S/C16H18F2N2O2S/c17-13-8-11(10-19)9-14(18)16(13)23(21,22)20-7-3-5-12-4-1-2-6-15(12)20/h8-9,12,15H,1-7H2/t12-,15+/m1/s1. The minimum absolute atomic E-state index is 0.169. The molecule has 4 nitrogen and oxygen atoms in total. The average molecular weight is 340 g/mol. The lowest BCUT2D eigenvalue weighted by atomic mass is 9.79. The lowest BCUT2D eigenvalue weighted by Crippen LogP contribution is -2.49. The van der Waals surface area contributed by atoms with E-state index in [9.17, 15) is 17.2 Å². The van der Waals surface area contributed by atoms with Gasteiger partial charge < -0.3 is 0 Å². The number of sulfonamides is 1. The predicted octanol–water partition coefficient (Wildman–Crippen LogP) is 3.18. The van der Waals surface area contributed by atoms with E-state index < -0.39 is 26.6 Å². The van der Waals surface area contributed by atoms with Gasteiger partial charge in [-0.3, -0.25) is 0 Å². The largest absolute Gasteiger partial charge is 0.249 e. The second kappa shape index (κ2) is 6.17. The number of benzene rings is 1. The summed E-state index contributed by atoms with van der Waals surface area (Å²) in [5, 5.41) is 8.74. The molecule has 2 aliphatic rings. The normalized spacial score (nSPS) is 25.6. The van der Waals surface area contributed by atoms with Crippen molar-refractivity contribution in [3.63, 3.8) is 0 Å². The van der Waals surface area contributed by atoms with Crippen molar-refractivity contribution < 1.29 is 17.2 Å². The van der Waals surface area contributed by atoms with Crippen LogP contribution in [0.4, 0.5) is 8.78 Å². The number of rotatable bonds is 2. The third-order valence-electron chi connectivity index (χ3n) is 4.89. The van der Waals surface area contributed by atoms with Crippen LogP contribution < -0.4 is 0 Å². The van der Waals surface area contributed by atoms with Crippen molar-refractivity contribution in [1.29, 1.82) is 5.26 Å². The summed E-state index contributed by atoms with van der Waals surface area (Å²) in [6.45, 7) is 0.294. The third kappa shape index (κ3) is 2.86. The molecule has 1 aromatic carbocycles. The fraction of sp³-hybridized carbons (Fsp3) is 0.562. The number of fused-ring (bicyclic) bond motifs is 1. The Morgan fingerprint density at radius 2 is 1.70 bits per heavy atom. The summed E-state index contributed by atoms with van der Waals surface area (Å²) < 4.78 is 55.3. The first-order chi connectivity index (χ1) is 10.9. The van der Waals surface area contributed by atoms with Gasteiger partial charge in [-0.1, -0.05) is 12.8 Å². The van der Waals surface area contributed by atoms with Crippen LogP contribution in [0.5, 0.6) is 0 Å². The molecule has 1 aromatic rings. The molecule has 1 saturated carbocycles. The monoisotopic (exact) mass is 340 g/mol. The van der Waals surface area contributed by atoms with Crippen molar-refractivity contribution in [2.75, 3.05) is 6.54 Å². The lowest BCUT2D eigenvalue weighted by Gasteiger charge is -2.43. The van der Waals surface area contributed by atoms with Gasteiger partial charge in [0.05, 0.1) is 11.6 Å². The minimum atomic E-state index is -4.24. The van der Waals surface area contributed by atoms with Gasteiger partial charge in [-0.15, -0.1) is 0 Å². The highest BCUT2D eigenvalue weighted by atomic mass is 32.2. The van der Waals surface area contributed by atoms with Crippen molar-refractivity contribution >= 4 is 10.0 Å². The van der Waals surface area contributed by atoms with Crippen LogP contribution in [0.3, 0.4) is 0 Å². The molecule has 1 aliphatic heterocycles. The highest BCUT2D eigenvalue weighted by Gasteiger charge is 2.42. The Bertz CT molecular complexity index is 733. The maximum absolute atomic E-state index is 14.2. The van der Waals surface area contributed by atoms with Crippen LogP contribution in [0, 0.1) is 28.9 Å². The van der Waals surface area contributed by atoms with Crippen LogP contribution in [0.15, 0.2) is 17.0 Å². The van der Waals surface area contributed by atoms with Gasteiger partial charge in [-0.05, 0) is 43.7 Å². The number of hydrogen-bond acceptors (Lipinski definition) is 3. The molecule has 0 amide bonds. The average Bonchev–Trinajstić information content (AvgIpc) is 2.53. The van der Waals surface area contributed by atoms with Crippen molar-refractivity contribution in [2.45, 2.75) is 49.5 Å². The highest BCUT2D eigenvalue weighted by Crippen LogP contribution is 2.38. The van der Waals surface area contributed by atoms with Gasteiger partial charge in [0.25, 0.3) is 0 Å². The topological polar surface area (TPSA) is 61.2 Å². The molecule has 3 rings (SSSR count). The van der Waals surface area contributed by atoms with Crippen LogP contribution in [0.1, 0.15) is 44.1 Å². The molecule has 0 spiro atoms. The molecule has 0 aromatic heterocycles. The number of nitrogens with zero attached hydrogens (tertiary/aromatic N) is 2. The zero-order chi connectivity index (χ0) is 16.6. The van der Waals surface area contributed by atoms with Gasteiger partial charge in [-0.25, -0.2) is 17.2 Å². The predicted molar refractivity (Wildman–Crippen MR) is 79.9 cm³/mol. The Hall–Kier alpha value is -1.52. The second-order valence-corrected chi connectivity index (χ2v) is 8.08. The lowest BCUT2D eigenvalue weighted by molar-refractivity contribution is 0.128. The van der Waals surface area contributed by atoms with E-state index in [1.54, 1.807) is 6.07 Å². The van der Waals surface area contributed by atoms with Crippen LogP contribution in [-0.4, -0.2) is 25.3 Å². The van der Waals surface area contributed by atoms with Gasteiger partial charge in [0, 0.05) is 12.6 Å². The molecule has 124 valence electrons. The molecule has 0 unspecified atom stereocenters. The summed E-state index contributed by atoms with van der Waals surface area (Å²) in [6, 6.07) is 3.01. The van der Waals surface area contributed by atoms with E-state index in [2.05, 4.69) is 0 Å². The summed E-state index contributed by atoms with van der Waals surface area (Å²) in [7, 11) is -4.24. The maximum Gasteiger partial charge on any atom is 0.249 e. The fourth-order valence-electron chi connectivity index (χ4n) is 3.87. The Balaban J connectivity index is 2.03. The van der Waals surface area contributed by atoms with E-state index in [1.165, 1.54) is 4.31 Å². The first-order valence-corrected chi connectivity index (χ1v) is 9.30.